The number of benzene rings is 1. The Bertz CT molecular complexity index is 732. The number of hydrogen-bond donors (Lipinski definition) is 1. The lowest BCUT2D eigenvalue weighted by molar-refractivity contribution is -0.111. The molecule has 0 unspecified atom stereocenters. The van der Waals surface area contributed by atoms with Crippen molar-refractivity contribution in [2.24, 2.45) is 0 Å². The number of rotatable bonds is 8. The van der Waals surface area contributed by atoms with Gasteiger partial charge >= 0.3 is 0 Å². The van der Waals surface area contributed by atoms with Gasteiger partial charge in [-0.3, -0.25) is 9.48 Å². The Kier molecular flexibility index (Phi) is 6.44. The van der Waals surface area contributed by atoms with E-state index in [2.05, 4.69) is 10.4 Å². The monoisotopic (exact) mass is 347 g/mol. The number of amides is 1. The smallest absolute Gasteiger partial charge is 0.249 e. The highest BCUT2D eigenvalue weighted by Gasteiger charge is 2.19. The number of carbonyl (C=O) groups excluding carboxylic acids is 1. The summed E-state index contributed by atoms with van der Waals surface area (Å²) in [6.07, 6.45) is 5.85. The van der Waals surface area contributed by atoms with Gasteiger partial charge in [-0.1, -0.05) is 29.8 Å². The van der Waals surface area contributed by atoms with Gasteiger partial charge in [-0.15, -0.1) is 0 Å². The molecule has 1 aromatic heterocycles. The first-order valence-electron chi connectivity index (χ1n) is 8.29. The van der Waals surface area contributed by atoms with Gasteiger partial charge in [0.05, 0.1) is 0 Å². The van der Waals surface area contributed by atoms with Gasteiger partial charge in [0.2, 0.25) is 11.8 Å². The summed E-state index contributed by atoms with van der Waals surface area (Å²) >= 11 is 0. The van der Waals surface area contributed by atoms with Crippen LogP contribution >= 0.6 is 0 Å². The van der Waals surface area contributed by atoms with Gasteiger partial charge in [-0.2, -0.15) is 5.10 Å². The standard InChI is InChI=1S/C19H23F2N3O/c1-15-6-5-7-16(14-15)8-9-18(25)22-17-10-13-24(23-17)12-4-3-11-19(2,20)21/h5-10,13-14H,3-4,11-12H2,1-2H3,(H,22,23,25)/b9-8+. The quantitative estimate of drug-likeness (QED) is 0.557. The number of aromatic nitrogens is 2. The van der Waals surface area contributed by atoms with Gasteiger partial charge in [0.15, 0.2) is 5.82 Å². The summed E-state index contributed by atoms with van der Waals surface area (Å²) in [5, 5.41) is 6.90. The molecular weight excluding hydrogens is 324 g/mol. The van der Waals surface area contributed by atoms with Crippen molar-refractivity contribution >= 4 is 17.8 Å². The fraction of sp³-hybridized carbons (Fsp3) is 0.368. The Morgan fingerprint density at radius 1 is 1.32 bits per heavy atom. The number of hydrogen-bond acceptors (Lipinski definition) is 2. The molecule has 0 saturated carbocycles. The van der Waals surface area contributed by atoms with Gasteiger partial charge in [-0.25, -0.2) is 8.78 Å². The van der Waals surface area contributed by atoms with Crippen LogP contribution < -0.4 is 5.32 Å². The van der Waals surface area contributed by atoms with Gasteiger partial charge < -0.3 is 5.32 Å². The predicted molar refractivity (Wildman–Crippen MR) is 95.5 cm³/mol. The molecule has 6 heteroatoms. The third-order valence-corrected chi connectivity index (χ3v) is 3.61. The molecule has 0 bridgehead atoms. The molecule has 0 spiro atoms. The molecule has 2 aromatic rings. The lowest BCUT2D eigenvalue weighted by Crippen LogP contribution is -2.10. The Morgan fingerprint density at radius 3 is 2.84 bits per heavy atom. The highest BCUT2D eigenvalue weighted by molar-refractivity contribution is 6.01. The highest BCUT2D eigenvalue weighted by atomic mass is 19.3. The minimum atomic E-state index is -2.62. The van der Waals surface area contributed by atoms with Crippen molar-refractivity contribution in [2.75, 3.05) is 5.32 Å². The minimum absolute atomic E-state index is 0.123. The maximum Gasteiger partial charge on any atom is 0.249 e. The SMILES string of the molecule is Cc1cccc(/C=C/C(=O)Nc2ccn(CCCCC(C)(F)F)n2)c1. The van der Waals surface area contributed by atoms with E-state index in [0.717, 1.165) is 18.1 Å². The van der Waals surface area contributed by atoms with Gasteiger partial charge in [0, 0.05) is 31.3 Å². The van der Waals surface area contributed by atoms with Crippen LogP contribution in [0.2, 0.25) is 0 Å². The lowest BCUT2D eigenvalue weighted by atomic mass is 10.1. The fourth-order valence-corrected chi connectivity index (χ4v) is 2.38. The average molecular weight is 347 g/mol. The summed E-state index contributed by atoms with van der Waals surface area (Å²) in [7, 11) is 0. The molecule has 25 heavy (non-hydrogen) atoms. The van der Waals surface area contributed by atoms with E-state index in [9.17, 15) is 13.6 Å². The second-order valence-electron chi connectivity index (χ2n) is 6.23. The summed E-state index contributed by atoms with van der Waals surface area (Å²) in [5.74, 6) is -2.44. The highest BCUT2D eigenvalue weighted by Crippen LogP contribution is 2.19. The number of aryl methyl sites for hydroxylation is 2. The van der Waals surface area contributed by atoms with Crippen molar-refractivity contribution in [3.05, 3.63) is 53.7 Å². The number of unbranched alkanes of at least 4 members (excludes halogenated alkanes) is 1. The van der Waals surface area contributed by atoms with E-state index in [1.807, 2.05) is 31.2 Å². The van der Waals surface area contributed by atoms with Gasteiger partial charge in [-0.05, 0) is 38.3 Å². The summed E-state index contributed by atoms with van der Waals surface area (Å²) in [5.41, 5.74) is 2.08. The van der Waals surface area contributed by atoms with E-state index in [0.29, 0.717) is 25.2 Å². The Balaban J connectivity index is 1.79. The predicted octanol–water partition coefficient (Wildman–Crippen LogP) is 4.67. The van der Waals surface area contributed by atoms with Crippen molar-refractivity contribution in [1.29, 1.82) is 0 Å². The van der Waals surface area contributed by atoms with E-state index in [1.54, 1.807) is 23.0 Å². The molecule has 0 atom stereocenters. The molecule has 0 saturated heterocycles. The number of carbonyl (C=O) groups is 1. The lowest BCUT2D eigenvalue weighted by Gasteiger charge is -2.09. The Labute approximate surface area is 146 Å². The molecule has 2 rings (SSSR count). The van der Waals surface area contributed by atoms with Crippen LogP contribution in [0.3, 0.4) is 0 Å². The van der Waals surface area contributed by atoms with Crippen LogP contribution in [0.15, 0.2) is 42.6 Å². The van der Waals surface area contributed by atoms with E-state index < -0.39 is 5.92 Å². The van der Waals surface area contributed by atoms with Gasteiger partial charge in [0.1, 0.15) is 0 Å². The molecule has 0 fully saturated rings. The zero-order valence-corrected chi connectivity index (χ0v) is 14.5. The number of anilines is 1. The zero-order valence-electron chi connectivity index (χ0n) is 14.5. The molecule has 1 aromatic carbocycles. The third-order valence-electron chi connectivity index (χ3n) is 3.61. The summed E-state index contributed by atoms with van der Waals surface area (Å²) in [6.45, 7) is 3.47. The largest absolute Gasteiger partial charge is 0.306 e. The first-order chi connectivity index (χ1) is 11.8. The van der Waals surface area contributed by atoms with Crippen molar-refractivity contribution < 1.29 is 13.6 Å². The molecule has 1 heterocycles. The minimum Gasteiger partial charge on any atom is -0.306 e. The number of halogens is 2. The number of alkyl halides is 2. The third kappa shape index (κ3) is 7.28. The molecule has 1 amide bonds. The molecule has 0 aliphatic carbocycles. The van der Waals surface area contributed by atoms with Crippen LogP contribution in [-0.2, 0) is 11.3 Å². The topological polar surface area (TPSA) is 46.9 Å². The normalized spacial score (nSPS) is 11.8. The van der Waals surface area contributed by atoms with Crippen molar-refractivity contribution in [3.63, 3.8) is 0 Å². The maximum absolute atomic E-state index is 12.7. The average Bonchev–Trinajstić information content (AvgIpc) is 2.96. The van der Waals surface area contributed by atoms with E-state index >= 15 is 0 Å². The van der Waals surface area contributed by atoms with Crippen molar-refractivity contribution in [1.82, 2.24) is 9.78 Å². The van der Waals surface area contributed by atoms with Crippen LogP contribution in [0.4, 0.5) is 14.6 Å². The summed E-state index contributed by atoms with van der Waals surface area (Å²) < 4.78 is 27.1. The zero-order chi connectivity index (χ0) is 18.3. The van der Waals surface area contributed by atoms with E-state index in [1.165, 1.54) is 6.08 Å². The second kappa shape index (κ2) is 8.55. The molecule has 134 valence electrons. The molecule has 0 radical (unpaired) electrons. The van der Waals surface area contributed by atoms with Crippen molar-refractivity contribution in [2.45, 2.75) is 45.6 Å². The molecule has 0 aliphatic rings. The first-order valence-corrected chi connectivity index (χ1v) is 8.29. The summed E-state index contributed by atoms with van der Waals surface area (Å²) in [4.78, 5) is 11.9. The van der Waals surface area contributed by atoms with Crippen LogP contribution in [0.1, 0.15) is 37.3 Å². The number of nitrogens with one attached hydrogen (secondary N) is 1. The molecule has 1 N–H and O–H groups in total. The number of nitrogens with zero attached hydrogens (tertiary/aromatic N) is 2. The second-order valence-corrected chi connectivity index (χ2v) is 6.23. The molecular formula is C19H23F2N3O. The summed E-state index contributed by atoms with van der Waals surface area (Å²) in [6, 6.07) is 9.52. The van der Waals surface area contributed by atoms with Crippen LogP contribution in [0.5, 0.6) is 0 Å². The van der Waals surface area contributed by atoms with Crippen molar-refractivity contribution in [3.8, 4) is 0 Å². The van der Waals surface area contributed by atoms with Crippen LogP contribution in [0.25, 0.3) is 6.08 Å². The fourth-order valence-electron chi connectivity index (χ4n) is 2.38. The van der Waals surface area contributed by atoms with Crippen LogP contribution in [0, 0.1) is 6.92 Å². The Hall–Kier alpha value is -2.50. The maximum atomic E-state index is 12.7. The van der Waals surface area contributed by atoms with Gasteiger partial charge in [0.25, 0.3) is 0 Å². The Morgan fingerprint density at radius 2 is 2.12 bits per heavy atom. The first kappa shape index (κ1) is 18.8. The molecule has 0 aliphatic heterocycles. The van der Waals surface area contributed by atoms with E-state index in [-0.39, 0.29) is 12.3 Å². The van der Waals surface area contributed by atoms with E-state index in [4.69, 9.17) is 0 Å². The van der Waals surface area contributed by atoms with Crippen LogP contribution in [-0.4, -0.2) is 21.6 Å². The molecule has 4 nitrogen and oxygen atoms in total.